The van der Waals surface area contributed by atoms with Crippen LogP contribution in [-0.2, 0) is 0 Å². The van der Waals surface area contributed by atoms with Gasteiger partial charge in [0.1, 0.15) is 0 Å². The summed E-state index contributed by atoms with van der Waals surface area (Å²) in [6, 6.07) is 0. The Labute approximate surface area is 105 Å². The van der Waals surface area contributed by atoms with Crippen LogP contribution in [-0.4, -0.2) is 35.0 Å². The summed E-state index contributed by atoms with van der Waals surface area (Å²) in [5.74, 6) is 0.407. The molecule has 2 atom stereocenters. The minimum absolute atomic E-state index is 0.119. The van der Waals surface area contributed by atoms with E-state index in [9.17, 15) is 10.2 Å². The summed E-state index contributed by atoms with van der Waals surface area (Å²) >= 11 is 0. The van der Waals surface area contributed by atoms with Crippen molar-refractivity contribution in [3.05, 3.63) is 0 Å². The maximum Gasteiger partial charge on any atom is 0.0771 e. The lowest BCUT2D eigenvalue weighted by Gasteiger charge is -2.28. The molecule has 0 bridgehead atoms. The van der Waals surface area contributed by atoms with Crippen molar-refractivity contribution in [3.63, 3.8) is 0 Å². The maximum absolute atomic E-state index is 10.5. The third kappa shape index (κ3) is 3.94. The van der Waals surface area contributed by atoms with E-state index in [-0.39, 0.29) is 6.10 Å². The van der Waals surface area contributed by atoms with Crippen LogP contribution in [0.15, 0.2) is 0 Å². The van der Waals surface area contributed by atoms with Crippen molar-refractivity contribution in [3.8, 4) is 0 Å². The average molecular weight is 241 g/mol. The molecule has 2 fully saturated rings. The summed E-state index contributed by atoms with van der Waals surface area (Å²) in [6.45, 7) is 1.57. The molecule has 0 heterocycles. The molecule has 2 unspecified atom stereocenters. The lowest BCUT2D eigenvalue weighted by Crippen LogP contribution is -2.42. The Morgan fingerprint density at radius 2 is 1.71 bits per heavy atom. The maximum atomic E-state index is 10.5. The van der Waals surface area contributed by atoms with Gasteiger partial charge in [0.25, 0.3) is 0 Å². The zero-order valence-electron chi connectivity index (χ0n) is 10.8. The smallest absolute Gasteiger partial charge is 0.0771 e. The van der Waals surface area contributed by atoms with E-state index in [4.69, 9.17) is 0 Å². The molecular weight excluding hydrogens is 214 g/mol. The third-order valence-electron chi connectivity index (χ3n) is 4.51. The lowest BCUT2D eigenvalue weighted by atomic mass is 9.94. The number of hydrogen-bond donors (Lipinski definition) is 3. The molecule has 2 saturated carbocycles. The summed E-state index contributed by atoms with van der Waals surface area (Å²) in [7, 11) is 0. The first kappa shape index (κ1) is 13.3. The second-order valence-electron chi connectivity index (χ2n) is 6.03. The molecule has 2 aliphatic carbocycles. The molecule has 0 aliphatic heterocycles. The second kappa shape index (κ2) is 6.17. The van der Waals surface area contributed by atoms with Gasteiger partial charge in [-0.2, -0.15) is 0 Å². The molecule has 0 aromatic rings. The summed E-state index contributed by atoms with van der Waals surface area (Å²) in [5.41, 5.74) is -0.486. The Bertz CT molecular complexity index is 224. The van der Waals surface area contributed by atoms with E-state index in [1.165, 1.54) is 12.8 Å². The number of nitrogens with one attached hydrogen (secondary N) is 1. The van der Waals surface area contributed by atoms with Gasteiger partial charge in [0.15, 0.2) is 0 Å². The largest absolute Gasteiger partial charge is 0.393 e. The predicted molar refractivity (Wildman–Crippen MR) is 68.9 cm³/mol. The monoisotopic (exact) mass is 241 g/mol. The quantitative estimate of drug-likeness (QED) is 0.658. The van der Waals surface area contributed by atoms with Gasteiger partial charge in [-0.25, -0.2) is 0 Å². The van der Waals surface area contributed by atoms with Crippen LogP contribution >= 0.6 is 0 Å². The predicted octanol–water partition coefficient (Wildman–Crippen LogP) is 1.82. The molecule has 0 radical (unpaired) electrons. The van der Waals surface area contributed by atoms with Crippen LogP contribution in [0.2, 0.25) is 0 Å². The molecule has 2 aliphatic rings. The molecule has 0 aromatic carbocycles. The Kier molecular flexibility index (Phi) is 4.83. The van der Waals surface area contributed by atoms with Crippen molar-refractivity contribution in [1.29, 1.82) is 0 Å². The van der Waals surface area contributed by atoms with Crippen LogP contribution in [0.3, 0.4) is 0 Å². The van der Waals surface area contributed by atoms with Gasteiger partial charge in [0.2, 0.25) is 0 Å². The minimum atomic E-state index is -0.486. The molecule has 0 spiro atoms. The molecular formula is C14H27NO2. The van der Waals surface area contributed by atoms with E-state index < -0.39 is 5.60 Å². The molecule has 3 N–H and O–H groups in total. The molecule has 100 valence electrons. The van der Waals surface area contributed by atoms with Crippen molar-refractivity contribution >= 4 is 0 Å². The van der Waals surface area contributed by atoms with Gasteiger partial charge in [-0.3, -0.25) is 0 Å². The van der Waals surface area contributed by atoms with Crippen molar-refractivity contribution in [2.24, 2.45) is 5.92 Å². The number of aliphatic hydroxyl groups excluding tert-OH is 1. The van der Waals surface area contributed by atoms with Crippen molar-refractivity contribution in [1.82, 2.24) is 5.32 Å². The zero-order chi connectivity index (χ0) is 12.1. The van der Waals surface area contributed by atoms with E-state index in [0.29, 0.717) is 12.5 Å². The molecule has 0 amide bonds. The van der Waals surface area contributed by atoms with E-state index >= 15 is 0 Å². The van der Waals surface area contributed by atoms with Crippen LogP contribution in [0.1, 0.15) is 57.8 Å². The minimum Gasteiger partial charge on any atom is -0.393 e. The Hall–Kier alpha value is -0.120. The van der Waals surface area contributed by atoms with Crippen LogP contribution in [0.5, 0.6) is 0 Å². The average Bonchev–Trinajstić information content (AvgIpc) is 2.58. The molecule has 3 heteroatoms. The number of rotatable bonds is 4. The van der Waals surface area contributed by atoms with E-state index in [1.54, 1.807) is 0 Å². The van der Waals surface area contributed by atoms with E-state index in [0.717, 1.165) is 51.5 Å². The fraction of sp³-hybridized carbons (Fsp3) is 1.00. The van der Waals surface area contributed by atoms with Gasteiger partial charge in [-0.05, 0) is 31.6 Å². The summed E-state index contributed by atoms with van der Waals surface area (Å²) in [4.78, 5) is 0. The van der Waals surface area contributed by atoms with Crippen molar-refractivity contribution in [2.75, 3.05) is 13.1 Å². The highest BCUT2D eigenvalue weighted by Gasteiger charge is 2.29. The molecule has 2 rings (SSSR count). The molecule has 3 nitrogen and oxygen atoms in total. The number of aliphatic hydroxyl groups is 2. The van der Waals surface area contributed by atoms with Gasteiger partial charge in [0.05, 0.1) is 11.7 Å². The summed E-state index contributed by atoms with van der Waals surface area (Å²) < 4.78 is 0. The van der Waals surface area contributed by atoms with Crippen molar-refractivity contribution in [2.45, 2.75) is 69.5 Å². The second-order valence-corrected chi connectivity index (χ2v) is 6.03. The van der Waals surface area contributed by atoms with E-state index in [1.807, 2.05) is 0 Å². The fourth-order valence-electron chi connectivity index (χ4n) is 3.31. The highest BCUT2D eigenvalue weighted by atomic mass is 16.3. The fourth-order valence-corrected chi connectivity index (χ4v) is 3.31. The topological polar surface area (TPSA) is 52.5 Å². The van der Waals surface area contributed by atoms with Crippen molar-refractivity contribution < 1.29 is 10.2 Å². The van der Waals surface area contributed by atoms with Gasteiger partial charge >= 0.3 is 0 Å². The van der Waals surface area contributed by atoms with Crippen LogP contribution < -0.4 is 5.32 Å². The first-order chi connectivity index (χ1) is 8.20. The molecule has 0 aromatic heterocycles. The zero-order valence-corrected chi connectivity index (χ0v) is 10.8. The molecule has 17 heavy (non-hydrogen) atoms. The standard InChI is InChI=1S/C14H27NO2/c16-13-7-5-6-12(13)10-15-11-14(17)8-3-1-2-4-9-14/h12-13,15-17H,1-11H2. The third-order valence-corrected chi connectivity index (χ3v) is 4.51. The first-order valence-corrected chi connectivity index (χ1v) is 7.31. The first-order valence-electron chi connectivity index (χ1n) is 7.31. The highest BCUT2D eigenvalue weighted by molar-refractivity contribution is 4.85. The number of hydrogen-bond acceptors (Lipinski definition) is 3. The lowest BCUT2D eigenvalue weighted by molar-refractivity contribution is 0.0228. The van der Waals surface area contributed by atoms with Gasteiger partial charge in [0, 0.05) is 13.1 Å². The normalized spacial score (nSPS) is 33.5. The van der Waals surface area contributed by atoms with Gasteiger partial charge in [-0.15, -0.1) is 0 Å². The van der Waals surface area contributed by atoms with Gasteiger partial charge < -0.3 is 15.5 Å². The van der Waals surface area contributed by atoms with Crippen LogP contribution in [0.25, 0.3) is 0 Å². The summed E-state index contributed by atoms with van der Waals surface area (Å²) in [5, 5.41) is 23.6. The Balaban J connectivity index is 1.69. The summed E-state index contributed by atoms with van der Waals surface area (Å²) in [6.07, 6.45) is 9.84. The SMILES string of the molecule is OC1CCCC1CNCC1(O)CCCCCC1. The molecule has 0 saturated heterocycles. The van der Waals surface area contributed by atoms with E-state index in [2.05, 4.69) is 5.32 Å². The Morgan fingerprint density at radius 1 is 1.00 bits per heavy atom. The Morgan fingerprint density at radius 3 is 2.29 bits per heavy atom. The van der Waals surface area contributed by atoms with Gasteiger partial charge in [-0.1, -0.05) is 32.1 Å². The van der Waals surface area contributed by atoms with Crippen LogP contribution in [0, 0.1) is 5.92 Å². The van der Waals surface area contributed by atoms with Crippen LogP contribution in [0.4, 0.5) is 0 Å². The highest BCUT2D eigenvalue weighted by Crippen LogP contribution is 2.27.